The summed E-state index contributed by atoms with van der Waals surface area (Å²) in [6.07, 6.45) is -4.75. The Labute approximate surface area is 142 Å². The summed E-state index contributed by atoms with van der Waals surface area (Å²) in [5, 5.41) is 5.13. The van der Waals surface area contributed by atoms with Gasteiger partial charge in [0.15, 0.2) is 0 Å². The molecule has 0 fully saturated rings. The Bertz CT molecular complexity index is 716. The standard InChI is InChI=1S/C17H17F3N2O3/c1-11(2)24-15-5-3-4-13(10-15)22-16(23)21-12-6-8-14(9-7-12)25-17(18,19)20/h3-11H,1-2H3,(H2,21,22,23). The lowest BCUT2D eigenvalue weighted by atomic mass is 10.3. The number of ether oxygens (including phenoxy) is 2. The highest BCUT2D eigenvalue weighted by Gasteiger charge is 2.30. The molecule has 0 atom stereocenters. The van der Waals surface area contributed by atoms with Crippen molar-refractivity contribution in [1.29, 1.82) is 0 Å². The highest BCUT2D eigenvalue weighted by molar-refractivity contribution is 5.99. The molecule has 0 unspecified atom stereocenters. The summed E-state index contributed by atoms with van der Waals surface area (Å²) in [4.78, 5) is 12.0. The third-order valence-electron chi connectivity index (χ3n) is 2.81. The van der Waals surface area contributed by atoms with Crippen molar-refractivity contribution in [2.24, 2.45) is 0 Å². The molecule has 0 aromatic heterocycles. The summed E-state index contributed by atoms with van der Waals surface area (Å²) in [5.41, 5.74) is 0.842. The fraction of sp³-hybridized carbons (Fsp3) is 0.235. The SMILES string of the molecule is CC(C)Oc1cccc(NC(=O)Nc2ccc(OC(F)(F)F)cc2)c1. The van der Waals surface area contributed by atoms with Crippen molar-refractivity contribution in [2.75, 3.05) is 10.6 Å². The maximum Gasteiger partial charge on any atom is 0.573 e. The van der Waals surface area contributed by atoms with E-state index in [0.29, 0.717) is 17.1 Å². The number of amides is 2. The van der Waals surface area contributed by atoms with Gasteiger partial charge in [0.05, 0.1) is 6.10 Å². The first-order valence-corrected chi connectivity index (χ1v) is 7.42. The molecular weight excluding hydrogens is 337 g/mol. The first-order chi connectivity index (χ1) is 11.7. The van der Waals surface area contributed by atoms with Crippen LogP contribution < -0.4 is 20.1 Å². The van der Waals surface area contributed by atoms with Gasteiger partial charge >= 0.3 is 12.4 Å². The molecule has 0 aliphatic heterocycles. The van der Waals surface area contributed by atoms with Crippen LogP contribution in [0, 0.1) is 0 Å². The van der Waals surface area contributed by atoms with Crippen molar-refractivity contribution in [2.45, 2.75) is 26.3 Å². The Morgan fingerprint density at radius 1 is 0.960 bits per heavy atom. The van der Waals surface area contributed by atoms with Crippen LogP contribution in [0.4, 0.5) is 29.3 Å². The van der Waals surface area contributed by atoms with Crippen LogP contribution in [0.5, 0.6) is 11.5 Å². The van der Waals surface area contributed by atoms with E-state index < -0.39 is 12.4 Å². The number of alkyl halides is 3. The molecule has 0 saturated heterocycles. The van der Waals surface area contributed by atoms with Crippen LogP contribution >= 0.6 is 0 Å². The van der Waals surface area contributed by atoms with E-state index in [1.165, 1.54) is 12.1 Å². The topological polar surface area (TPSA) is 59.6 Å². The number of nitrogens with one attached hydrogen (secondary N) is 2. The highest BCUT2D eigenvalue weighted by Crippen LogP contribution is 2.24. The van der Waals surface area contributed by atoms with E-state index in [4.69, 9.17) is 4.74 Å². The molecule has 2 amide bonds. The number of rotatable bonds is 5. The number of urea groups is 1. The van der Waals surface area contributed by atoms with Gasteiger partial charge < -0.3 is 20.1 Å². The number of carbonyl (C=O) groups excluding carboxylic acids is 1. The molecule has 8 heteroatoms. The summed E-state index contributed by atoms with van der Waals surface area (Å²) >= 11 is 0. The third kappa shape index (κ3) is 6.62. The molecule has 0 aliphatic rings. The zero-order valence-electron chi connectivity index (χ0n) is 13.6. The van der Waals surface area contributed by atoms with Crippen LogP contribution in [-0.2, 0) is 0 Å². The van der Waals surface area contributed by atoms with E-state index in [9.17, 15) is 18.0 Å². The fourth-order valence-electron chi connectivity index (χ4n) is 1.95. The van der Waals surface area contributed by atoms with Crippen LogP contribution in [0.3, 0.4) is 0 Å². The Kier molecular flexibility index (Phi) is 5.74. The number of carbonyl (C=O) groups is 1. The van der Waals surface area contributed by atoms with Crippen molar-refractivity contribution in [3.05, 3.63) is 48.5 Å². The average Bonchev–Trinajstić information content (AvgIpc) is 2.47. The van der Waals surface area contributed by atoms with Crippen molar-refractivity contribution in [1.82, 2.24) is 0 Å². The van der Waals surface area contributed by atoms with Crippen molar-refractivity contribution in [3.8, 4) is 11.5 Å². The molecule has 0 bridgehead atoms. The zero-order valence-corrected chi connectivity index (χ0v) is 13.6. The summed E-state index contributed by atoms with van der Waals surface area (Å²) in [5.74, 6) is 0.249. The average molecular weight is 354 g/mol. The second kappa shape index (κ2) is 7.78. The van der Waals surface area contributed by atoms with E-state index in [0.717, 1.165) is 12.1 Å². The summed E-state index contributed by atoms with van der Waals surface area (Å²) in [6, 6.07) is 11.1. The first-order valence-electron chi connectivity index (χ1n) is 7.42. The Morgan fingerprint density at radius 2 is 1.60 bits per heavy atom. The van der Waals surface area contributed by atoms with E-state index in [2.05, 4.69) is 15.4 Å². The molecular formula is C17H17F3N2O3. The maximum atomic E-state index is 12.1. The third-order valence-corrected chi connectivity index (χ3v) is 2.81. The van der Waals surface area contributed by atoms with Gasteiger partial charge in [0.2, 0.25) is 0 Å². The second-order valence-electron chi connectivity index (χ2n) is 5.35. The molecule has 0 aliphatic carbocycles. The van der Waals surface area contributed by atoms with Gasteiger partial charge in [-0.2, -0.15) is 0 Å². The Morgan fingerprint density at radius 3 is 2.20 bits per heavy atom. The minimum Gasteiger partial charge on any atom is -0.491 e. The van der Waals surface area contributed by atoms with E-state index in [1.807, 2.05) is 13.8 Å². The number of hydrogen-bond donors (Lipinski definition) is 2. The molecule has 2 rings (SSSR count). The van der Waals surface area contributed by atoms with Gasteiger partial charge in [0, 0.05) is 17.4 Å². The summed E-state index contributed by atoms with van der Waals surface area (Å²) < 4.78 is 45.6. The van der Waals surface area contributed by atoms with E-state index >= 15 is 0 Å². The normalized spacial score (nSPS) is 11.1. The predicted molar refractivity (Wildman–Crippen MR) is 88.0 cm³/mol. The molecule has 134 valence electrons. The zero-order chi connectivity index (χ0) is 18.4. The number of anilines is 2. The van der Waals surface area contributed by atoms with Gasteiger partial charge in [-0.15, -0.1) is 13.2 Å². The molecule has 25 heavy (non-hydrogen) atoms. The smallest absolute Gasteiger partial charge is 0.491 e. The predicted octanol–water partition coefficient (Wildman–Crippen LogP) is 5.02. The van der Waals surface area contributed by atoms with Gasteiger partial charge in [0.25, 0.3) is 0 Å². The number of benzene rings is 2. The molecule has 0 saturated carbocycles. The fourth-order valence-corrected chi connectivity index (χ4v) is 1.95. The lowest BCUT2D eigenvalue weighted by Crippen LogP contribution is -2.19. The highest BCUT2D eigenvalue weighted by atomic mass is 19.4. The molecule has 2 aromatic rings. The van der Waals surface area contributed by atoms with Gasteiger partial charge in [-0.05, 0) is 50.2 Å². The Hall–Kier alpha value is -2.90. The van der Waals surface area contributed by atoms with Crippen LogP contribution in [0.15, 0.2) is 48.5 Å². The van der Waals surface area contributed by atoms with E-state index in [-0.39, 0.29) is 11.9 Å². The van der Waals surface area contributed by atoms with Crippen molar-refractivity contribution in [3.63, 3.8) is 0 Å². The first kappa shape index (κ1) is 18.4. The lowest BCUT2D eigenvalue weighted by molar-refractivity contribution is -0.274. The van der Waals surface area contributed by atoms with Crippen LogP contribution in [-0.4, -0.2) is 18.5 Å². The van der Waals surface area contributed by atoms with Crippen molar-refractivity contribution < 1.29 is 27.4 Å². The molecule has 5 nitrogen and oxygen atoms in total. The van der Waals surface area contributed by atoms with E-state index in [1.54, 1.807) is 24.3 Å². The molecule has 2 aromatic carbocycles. The molecule has 0 spiro atoms. The molecule has 2 N–H and O–H groups in total. The lowest BCUT2D eigenvalue weighted by Gasteiger charge is -2.12. The number of hydrogen-bond acceptors (Lipinski definition) is 3. The minimum absolute atomic E-state index is 0.00140. The van der Waals surface area contributed by atoms with Gasteiger partial charge in [-0.25, -0.2) is 4.79 Å². The van der Waals surface area contributed by atoms with Gasteiger partial charge in [-0.3, -0.25) is 0 Å². The second-order valence-corrected chi connectivity index (χ2v) is 5.35. The van der Waals surface area contributed by atoms with Crippen LogP contribution in [0.2, 0.25) is 0 Å². The minimum atomic E-state index is -4.75. The maximum absolute atomic E-state index is 12.1. The Balaban J connectivity index is 1.94. The van der Waals surface area contributed by atoms with Gasteiger partial charge in [0.1, 0.15) is 11.5 Å². The monoisotopic (exact) mass is 354 g/mol. The quantitative estimate of drug-likeness (QED) is 0.793. The summed E-state index contributed by atoms with van der Waals surface area (Å²) in [6.45, 7) is 3.78. The van der Waals surface area contributed by atoms with Gasteiger partial charge in [-0.1, -0.05) is 6.07 Å². The summed E-state index contributed by atoms with van der Waals surface area (Å²) in [7, 11) is 0. The van der Waals surface area contributed by atoms with Crippen LogP contribution in [0.1, 0.15) is 13.8 Å². The number of halogens is 3. The van der Waals surface area contributed by atoms with Crippen molar-refractivity contribution >= 4 is 17.4 Å². The largest absolute Gasteiger partial charge is 0.573 e. The molecule has 0 radical (unpaired) electrons. The molecule has 0 heterocycles. The van der Waals surface area contributed by atoms with Crippen LogP contribution in [0.25, 0.3) is 0 Å².